The molecule has 0 heterocycles. The second kappa shape index (κ2) is 79.3. The molecule has 4 unspecified atom stereocenters. The van der Waals surface area contributed by atoms with Crippen LogP contribution in [0, 0.1) is 11.8 Å². The molecule has 107 heavy (non-hydrogen) atoms. The Morgan fingerprint density at radius 3 is 0.664 bits per heavy atom. The van der Waals surface area contributed by atoms with E-state index in [1.165, 1.54) is 289 Å². The quantitative estimate of drug-likeness (QED) is 0.0222. The molecule has 0 spiro atoms. The third-order valence-electron chi connectivity index (χ3n) is 21.4. The molecule has 0 aromatic rings. The van der Waals surface area contributed by atoms with Crippen LogP contribution in [0.5, 0.6) is 0 Å². The molecule has 17 nitrogen and oxygen atoms in total. The number of unbranched alkanes of at least 4 members (excludes halogenated alkanes) is 55. The molecule has 0 saturated heterocycles. The van der Waals surface area contributed by atoms with Gasteiger partial charge in [0.2, 0.25) is 0 Å². The zero-order chi connectivity index (χ0) is 78.5. The zero-order valence-electron chi connectivity index (χ0n) is 70.5. The van der Waals surface area contributed by atoms with Crippen molar-refractivity contribution in [3.63, 3.8) is 0 Å². The largest absolute Gasteiger partial charge is 0.472 e. The molecular formula is C88H172O17P2. The lowest BCUT2D eigenvalue weighted by Gasteiger charge is -2.21. The van der Waals surface area contributed by atoms with Gasteiger partial charge < -0.3 is 33.8 Å². The number of phosphoric ester groups is 2. The predicted octanol–water partition coefficient (Wildman–Crippen LogP) is 27.0. The Balaban J connectivity index is 5.23. The van der Waals surface area contributed by atoms with Crippen LogP contribution in [0.1, 0.15) is 472 Å². The van der Waals surface area contributed by atoms with Crippen molar-refractivity contribution in [2.75, 3.05) is 39.6 Å². The van der Waals surface area contributed by atoms with Gasteiger partial charge in [0.15, 0.2) is 12.2 Å². The van der Waals surface area contributed by atoms with Crippen molar-refractivity contribution in [2.24, 2.45) is 11.8 Å². The third kappa shape index (κ3) is 79.1. The van der Waals surface area contributed by atoms with Gasteiger partial charge in [-0.05, 0) is 37.5 Å². The first-order valence-corrected chi connectivity index (χ1v) is 48.6. The van der Waals surface area contributed by atoms with Gasteiger partial charge in [-0.2, -0.15) is 0 Å². The number of aliphatic hydroxyl groups is 1. The Morgan fingerprint density at radius 1 is 0.262 bits per heavy atom. The Bertz CT molecular complexity index is 2050. The van der Waals surface area contributed by atoms with Crippen LogP contribution in [0.3, 0.4) is 0 Å². The minimum atomic E-state index is -4.97. The maximum absolute atomic E-state index is 13.2. The number of esters is 4. The Labute approximate surface area is 658 Å². The highest BCUT2D eigenvalue weighted by atomic mass is 31.2. The molecule has 0 aliphatic heterocycles. The second-order valence-corrected chi connectivity index (χ2v) is 35.0. The summed E-state index contributed by atoms with van der Waals surface area (Å²) >= 11 is 0. The minimum Gasteiger partial charge on any atom is -0.462 e. The van der Waals surface area contributed by atoms with Gasteiger partial charge in [0.05, 0.1) is 26.4 Å². The fourth-order valence-corrected chi connectivity index (χ4v) is 15.3. The van der Waals surface area contributed by atoms with E-state index in [4.69, 9.17) is 37.0 Å². The van der Waals surface area contributed by atoms with E-state index >= 15 is 0 Å². The maximum atomic E-state index is 13.2. The Hall–Kier alpha value is -1.94. The summed E-state index contributed by atoms with van der Waals surface area (Å²) in [5.74, 6) is -0.403. The number of carbonyl (C=O) groups excluding carboxylic acids is 4. The average molecular weight is 1560 g/mol. The van der Waals surface area contributed by atoms with Gasteiger partial charge in [-0.25, -0.2) is 9.13 Å². The minimum absolute atomic E-state index is 0.108. The van der Waals surface area contributed by atoms with Crippen molar-refractivity contribution in [3.8, 4) is 0 Å². The number of ether oxygens (including phenoxy) is 4. The van der Waals surface area contributed by atoms with Gasteiger partial charge in [0.1, 0.15) is 19.3 Å². The molecule has 0 aliphatic rings. The molecule has 3 N–H and O–H groups in total. The molecule has 0 amide bonds. The highest BCUT2D eigenvalue weighted by Crippen LogP contribution is 2.45. The molecule has 0 radical (unpaired) electrons. The summed E-state index contributed by atoms with van der Waals surface area (Å²) in [5.41, 5.74) is 0. The fourth-order valence-electron chi connectivity index (χ4n) is 13.7. The second-order valence-electron chi connectivity index (χ2n) is 32.1. The van der Waals surface area contributed by atoms with Gasteiger partial charge in [0.25, 0.3) is 0 Å². The summed E-state index contributed by atoms with van der Waals surface area (Å²) in [4.78, 5) is 73.3. The van der Waals surface area contributed by atoms with E-state index in [0.29, 0.717) is 25.7 Å². The van der Waals surface area contributed by atoms with Gasteiger partial charge in [-0.15, -0.1) is 0 Å². The van der Waals surface area contributed by atoms with Crippen molar-refractivity contribution in [1.29, 1.82) is 0 Å². The third-order valence-corrected chi connectivity index (χ3v) is 23.3. The van der Waals surface area contributed by atoms with Crippen LogP contribution in [-0.2, 0) is 65.4 Å². The van der Waals surface area contributed by atoms with E-state index < -0.39 is 97.5 Å². The van der Waals surface area contributed by atoms with E-state index in [1.54, 1.807) is 0 Å². The Morgan fingerprint density at radius 2 is 0.449 bits per heavy atom. The van der Waals surface area contributed by atoms with Crippen LogP contribution in [-0.4, -0.2) is 96.7 Å². The molecule has 0 rings (SSSR count). The lowest BCUT2D eigenvalue weighted by molar-refractivity contribution is -0.161. The van der Waals surface area contributed by atoms with E-state index in [2.05, 4.69) is 41.5 Å². The van der Waals surface area contributed by atoms with Crippen LogP contribution in [0.15, 0.2) is 0 Å². The topological polar surface area (TPSA) is 237 Å². The lowest BCUT2D eigenvalue weighted by atomic mass is 9.99. The molecule has 7 atom stereocenters. The van der Waals surface area contributed by atoms with Crippen molar-refractivity contribution in [3.05, 3.63) is 0 Å². The highest BCUT2D eigenvalue weighted by Gasteiger charge is 2.31. The van der Waals surface area contributed by atoms with Crippen molar-refractivity contribution < 1.29 is 80.2 Å². The smallest absolute Gasteiger partial charge is 0.462 e. The molecule has 0 aromatic heterocycles. The van der Waals surface area contributed by atoms with Crippen LogP contribution in [0.25, 0.3) is 0 Å². The molecule has 0 saturated carbocycles. The number of aliphatic hydroxyl groups excluding tert-OH is 1. The van der Waals surface area contributed by atoms with Gasteiger partial charge >= 0.3 is 39.5 Å². The number of carbonyl (C=O) groups is 4. The first kappa shape index (κ1) is 105. The van der Waals surface area contributed by atoms with Gasteiger partial charge in [-0.3, -0.25) is 37.3 Å². The molecule has 0 bridgehead atoms. The maximum Gasteiger partial charge on any atom is 0.472 e. The Kier molecular flexibility index (Phi) is 77.9. The van der Waals surface area contributed by atoms with Crippen molar-refractivity contribution >= 4 is 39.5 Å². The van der Waals surface area contributed by atoms with Crippen LogP contribution < -0.4 is 0 Å². The molecule has 0 aliphatic carbocycles. The normalized spacial score (nSPS) is 14.3. The van der Waals surface area contributed by atoms with E-state index in [1.807, 2.05) is 0 Å². The summed E-state index contributed by atoms with van der Waals surface area (Å²) in [6.07, 6.45) is 72.1. The van der Waals surface area contributed by atoms with Crippen LogP contribution >= 0.6 is 15.6 Å². The average Bonchev–Trinajstić information content (AvgIpc) is 0.915. The number of rotatable bonds is 87. The van der Waals surface area contributed by atoms with E-state index in [-0.39, 0.29) is 25.7 Å². The first-order valence-electron chi connectivity index (χ1n) is 45.6. The summed E-state index contributed by atoms with van der Waals surface area (Å²) < 4.78 is 69.0. The molecule has 19 heteroatoms. The molecular weight excluding hydrogens is 1390 g/mol. The standard InChI is InChI=1S/C88H172O17P2/c1-7-11-13-15-17-19-21-22-23-24-25-26-27-28-29-37-42-48-54-60-66-72-87(92)105-84(77-99-86(91)71-65-59-53-47-41-36-32-30-34-39-44-50-56-62-68-80(5)9-3)79-103-107(96,97)101-75-82(89)74-100-106(94,95)102-78-83(76-98-85(90)70-64-58-52-46-20-18-16-14-12-8-2)104-88(93)73-67-61-55-49-43-38-33-31-35-40-45-51-57-63-69-81(6)10-4/h80-84,89H,7-79H2,1-6H3,(H,94,95)(H,96,97)/t80?,81?,82-,83+,84+/m0/s1. The van der Waals surface area contributed by atoms with E-state index in [9.17, 15) is 43.2 Å². The molecule has 0 aromatic carbocycles. The van der Waals surface area contributed by atoms with Gasteiger partial charge in [0, 0.05) is 25.7 Å². The number of phosphoric acid groups is 2. The van der Waals surface area contributed by atoms with E-state index in [0.717, 1.165) is 102 Å². The number of hydrogen-bond donors (Lipinski definition) is 3. The summed E-state index contributed by atoms with van der Waals surface area (Å²) in [6.45, 7) is 9.78. The highest BCUT2D eigenvalue weighted by molar-refractivity contribution is 7.47. The summed E-state index contributed by atoms with van der Waals surface area (Å²) in [6, 6.07) is 0. The molecule has 0 fully saturated rings. The predicted molar refractivity (Wildman–Crippen MR) is 442 cm³/mol. The van der Waals surface area contributed by atoms with Crippen molar-refractivity contribution in [2.45, 2.75) is 490 Å². The molecule has 636 valence electrons. The summed E-state index contributed by atoms with van der Waals surface area (Å²) in [5, 5.41) is 10.7. The first-order chi connectivity index (χ1) is 51.9. The SMILES string of the molecule is CCCCCCCCCCCCCCCCCCCCCCCC(=O)O[C@H](COC(=O)CCCCCCCCCCCCCCCCC(C)CC)COP(=O)(O)OC[C@@H](O)COP(=O)(O)OC[C@@H](COC(=O)CCCCCCCCCCCC)OC(=O)CCCCCCCCCCCCCCCCC(C)CC. The van der Waals surface area contributed by atoms with Crippen LogP contribution in [0.2, 0.25) is 0 Å². The van der Waals surface area contributed by atoms with Crippen molar-refractivity contribution in [1.82, 2.24) is 0 Å². The number of hydrogen-bond acceptors (Lipinski definition) is 15. The monoisotopic (exact) mass is 1560 g/mol. The fraction of sp³-hybridized carbons (Fsp3) is 0.955. The zero-order valence-corrected chi connectivity index (χ0v) is 72.2. The van der Waals surface area contributed by atoms with Gasteiger partial charge in [-0.1, -0.05) is 420 Å². The summed E-state index contributed by atoms with van der Waals surface area (Å²) in [7, 11) is -9.93. The van der Waals surface area contributed by atoms with Crippen LogP contribution in [0.4, 0.5) is 0 Å². The lowest BCUT2D eigenvalue weighted by Crippen LogP contribution is -2.30.